The van der Waals surface area contributed by atoms with Crippen LogP contribution in [0, 0.1) is 0 Å². The molecule has 0 N–H and O–H groups in total. The highest BCUT2D eigenvalue weighted by Crippen LogP contribution is 2.23. The molecule has 6 heteroatoms. The average molecular weight is 304 g/mol. The molecule has 16 heavy (non-hydrogen) atoms. The molecule has 0 heterocycles. The molecule has 0 spiro atoms. The highest BCUT2D eigenvalue weighted by atomic mass is 79.9. The van der Waals surface area contributed by atoms with E-state index in [1.54, 1.807) is 13.8 Å². The van der Waals surface area contributed by atoms with Crippen molar-refractivity contribution in [3.63, 3.8) is 0 Å². The summed E-state index contributed by atoms with van der Waals surface area (Å²) in [5.41, 5.74) is 0. The van der Waals surface area contributed by atoms with E-state index in [1.165, 1.54) is 0 Å². The fraction of sp³-hybridized carbons (Fsp3) is 0.900. The van der Waals surface area contributed by atoms with Crippen LogP contribution in [0.2, 0.25) is 0 Å². The van der Waals surface area contributed by atoms with E-state index in [0.29, 0.717) is 6.42 Å². The van der Waals surface area contributed by atoms with Crippen LogP contribution in [0.5, 0.6) is 0 Å². The Morgan fingerprint density at radius 2 is 1.81 bits per heavy atom. The Kier molecular flexibility index (Phi) is 5.79. The summed E-state index contributed by atoms with van der Waals surface area (Å²) in [6.45, 7) is 3.93. The maximum atomic E-state index is 12.3. The van der Waals surface area contributed by atoms with Gasteiger partial charge in [0.1, 0.15) is 6.54 Å². The summed E-state index contributed by atoms with van der Waals surface area (Å²) in [6.07, 6.45) is -3.02. The monoisotopic (exact) mass is 303 g/mol. The van der Waals surface area contributed by atoms with Crippen LogP contribution in [0.3, 0.4) is 0 Å². The van der Waals surface area contributed by atoms with Gasteiger partial charge >= 0.3 is 6.18 Å². The Morgan fingerprint density at radius 1 is 1.31 bits per heavy atom. The van der Waals surface area contributed by atoms with Crippen LogP contribution in [0.25, 0.3) is 0 Å². The standard InChI is InChI=1S/C10H17BrF3NO/c1-4-5-6-15(7-10(12,13)14)8(16)9(2,3)11/h4-7H2,1-3H3. The first-order valence-electron chi connectivity index (χ1n) is 5.13. The molecule has 0 fully saturated rings. The minimum Gasteiger partial charge on any atom is -0.332 e. The fourth-order valence-corrected chi connectivity index (χ4v) is 1.44. The minimum atomic E-state index is -4.35. The summed E-state index contributed by atoms with van der Waals surface area (Å²) < 4.78 is 35.9. The second kappa shape index (κ2) is 5.89. The molecule has 0 rings (SSSR count). The third-order valence-electron chi connectivity index (χ3n) is 1.95. The lowest BCUT2D eigenvalue weighted by atomic mass is 10.1. The first kappa shape index (κ1) is 15.7. The molecule has 0 atom stereocenters. The zero-order chi connectivity index (χ0) is 13.0. The van der Waals surface area contributed by atoms with Crippen LogP contribution in [0.1, 0.15) is 33.6 Å². The molecular formula is C10H17BrF3NO. The summed E-state index contributed by atoms with van der Waals surface area (Å²) >= 11 is 3.09. The predicted molar refractivity (Wildman–Crippen MR) is 60.5 cm³/mol. The summed E-state index contributed by atoms with van der Waals surface area (Å²) in [4.78, 5) is 12.6. The van der Waals surface area contributed by atoms with Crippen LogP contribution in [-0.4, -0.2) is 34.4 Å². The molecule has 0 unspecified atom stereocenters. The van der Waals surface area contributed by atoms with Crippen molar-refractivity contribution in [2.24, 2.45) is 0 Å². The molecule has 0 bridgehead atoms. The van der Waals surface area contributed by atoms with Crippen LogP contribution >= 0.6 is 15.9 Å². The lowest BCUT2D eigenvalue weighted by Gasteiger charge is -2.29. The Balaban J connectivity index is 4.61. The Labute approximate surface area is 102 Å². The number of nitrogens with zero attached hydrogens (tertiary/aromatic N) is 1. The molecule has 96 valence electrons. The van der Waals surface area contributed by atoms with Crippen molar-refractivity contribution >= 4 is 21.8 Å². The smallest absolute Gasteiger partial charge is 0.332 e. The second-order valence-electron chi connectivity index (χ2n) is 4.17. The van der Waals surface area contributed by atoms with Gasteiger partial charge in [0.15, 0.2) is 0 Å². The lowest BCUT2D eigenvalue weighted by molar-refractivity contribution is -0.162. The minimum absolute atomic E-state index is 0.143. The van der Waals surface area contributed by atoms with E-state index in [-0.39, 0.29) is 6.54 Å². The number of carbonyl (C=O) groups is 1. The van der Waals surface area contributed by atoms with Gasteiger partial charge in [-0.2, -0.15) is 13.2 Å². The molecule has 0 aliphatic rings. The zero-order valence-corrected chi connectivity index (χ0v) is 11.3. The first-order valence-corrected chi connectivity index (χ1v) is 5.92. The van der Waals surface area contributed by atoms with Gasteiger partial charge in [0, 0.05) is 6.54 Å². The number of carbonyl (C=O) groups excluding carboxylic acids is 1. The summed E-state index contributed by atoms with van der Waals surface area (Å²) in [5.74, 6) is -0.529. The van der Waals surface area contributed by atoms with Gasteiger partial charge in [-0.15, -0.1) is 0 Å². The van der Waals surface area contributed by atoms with Crippen LogP contribution in [0.4, 0.5) is 13.2 Å². The van der Waals surface area contributed by atoms with E-state index >= 15 is 0 Å². The predicted octanol–water partition coefficient (Wildman–Crippen LogP) is 3.35. The van der Waals surface area contributed by atoms with E-state index in [1.807, 2.05) is 6.92 Å². The summed E-state index contributed by atoms with van der Waals surface area (Å²) in [5, 5.41) is 0. The van der Waals surface area contributed by atoms with Gasteiger partial charge in [0.25, 0.3) is 0 Å². The van der Waals surface area contributed by atoms with Crippen molar-refractivity contribution in [2.75, 3.05) is 13.1 Å². The van der Waals surface area contributed by atoms with Crippen molar-refractivity contribution in [1.82, 2.24) is 4.90 Å². The van der Waals surface area contributed by atoms with E-state index < -0.39 is 23.0 Å². The first-order chi connectivity index (χ1) is 7.08. The quantitative estimate of drug-likeness (QED) is 0.713. The third kappa shape index (κ3) is 6.35. The molecule has 0 saturated heterocycles. The number of rotatable bonds is 5. The number of halogens is 4. The highest BCUT2D eigenvalue weighted by molar-refractivity contribution is 9.10. The van der Waals surface area contributed by atoms with Crippen molar-refractivity contribution in [3.05, 3.63) is 0 Å². The molecular weight excluding hydrogens is 287 g/mol. The van der Waals surface area contributed by atoms with Crippen molar-refractivity contribution in [3.8, 4) is 0 Å². The summed E-state index contributed by atoms with van der Waals surface area (Å²) in [7, 11) is 0. The topological polar surface area (TPSA) is 20.3 Å². The summed E-state index contributed by atoms with van der Waals surface area (Å²) in [6, 6.07) is 0. The van der Waals surface area contributed by atoms with Crippen LogP contribution in [0.15, 0.2) is 0 Å². The molecule has 0 aliphatic heterocycles. The second-order valence-corrected chi connectivity index (χ2v) is 6.15. The average Bonchev–Trinajstić information content (AvgIpc) is 2.07. The fourth-order valence-electron chi connectivity index (χ4n) is 1.19. The van der Waals surface area contributed by atoms with Crippen molar-refractivity contribution in [1.29, 1.82) is 0 Å². The van der Waals surface area contributed by atoms with Gasteiger partial charge in [-0.05, 0) is 20.3 Å². The Bertz CT molecular complexity index is 235. The maximum Gasteiger partial charge on any atom is 0.406 e. The molecule has 0 saturated carbocycles. The molecule has 0 aromatic heterocycles. The SMILES string of the molecule is CCCCN(CC(F)(F)F)C(=O)C(C)(C)Br. The number of unbranched alkanes of at least 4 members (excludes halogenated alkanes) is 1. The van der Waals surface area contributed by atoms with E-state index in [4.69, 9.17) is 0 Å². The normalized spacial score (nSPS) is 12.7. The highest BCUT2D eigenvalue weighted by Gasteiger charge is 2.37. The van der Waals surface area contributed by atoms with Crippen molar-refractivity contribution in [2.45, 2.75) is 44.1 Å². The maximum absolute atomic E-state index is 12.3. The van der Waals surface area contributed by atoms with E-state index in [0.717, 1.165) is 11.3 Å². The largest absolute Gasteiger partial charge is 0.406 e. The van der Waals surface area contributed by atoms with Gasteiger partial charge < -0.3 is 4.90 Å². The number of hydrogen-bond acceptors (Lipinski definition) is 1. The molecule has 2 nitrogen and oxygen atoms in total. The molecule has 0 radical (unpaired) electrons. The van der Waals surface area contributed by atoms with Crippen molar-refractivity contribution < 1.29 is 18.0 Å². The molecule has 0 aromatic rings. The van der Waals surface area contributed by atoms with Gasteiger partial charge in [0.05, 0.1) is 4.32 Å². The Hall–Kier alpha value is -0.260. The lowest BCUT2D eigenvalue weighted by Crippen LogP contribution is -2.46. The van der Waals surface area contributed by atoms with Gasteiger partial charge in [-0.3, -0.25) is 4.79 Å². The zero-order valence-electron chi connectivity index (χ0n) is 9.70. The Morgan fingerprint density at radius 3 is 2.12 bits per heavy atom. The van der Waals surface area contributed by atoms with Gasteiger partial charge in [0.2, 0.25) is 5.91 Å². The third-order valence-corrected chi connectivity index (χ3v) is 2.29. The number of amides is 1. The van der Waals surface area contributed by atoms with Gasteiger partial charge in [-0.1, -0.05) is 29.3 Å². The van der Waals surface area contributed by atoms with Crippen LogP contribution in [-0.2, 0) is 4.79 Å². The molecule has 0 aliphatic carbocycles. The molecule has 1 amide bonds. The van der Waals surface area contributed by atoms with Gasteiger partial charge in [-0.25, -0.2) is 0 Å². The number of hydrogen-bond donors (Lipinski definition) is 0. The molecule has 0 aromatic carbocycles. The van der Waals surface area contributed by atoms with Crippen LogP contribution < -0.4 is 0 Å². The van der Waals surface area contributed by atoms with E-state index in [9.17, 15) is 18.0 Å². The number of alkyl halides is 4. The van der Waals surface area contributed by atoms with E-state index in [2.05, 4.69) is 15.9 Å².